The smallest absolute Gasteiger partial charge is 0.0690 e. The highest BCUT2D eigenvalue weighted by molar-refractivity contribution is 5.67. The Morgan fingerprint density at radius 1 is 1.38 bits per heavy atom. The molecule has 1 aliphatic rings. The molecule has 66 valence electrons. The van der Waals surface area contributed by atoms with E-state index in [1.54, 1.807) is 0 Å². The van der Waals surface area contributed by atoms with Crippen LogP contribution in [0, 0.1) is 6.92 Å². The SMILES string of the molecule is Cc1cccnc1C1=CC=CCC1. The minimum Gasteiger partial charge on any atom is -0.256 e. The van der Waals surface area contributed by atoms with Gasteiger partial charge in [-0.25, -0.2) is 0 Å². The van der Waals surface area contributed by atoms with Gasteiger partial charge in [0.15, 0.2) is 0 Å². The molecular formula is C12H13N. The van der Waals surface area contributed by atoms with Gasteiger partial charge in [0.25, 0.3) is 0 Å². The van der Waals surface area contributed by atoms with Crippen molar-refractivity contribution in [1.29, 1.82) is 0 Å². The molecule has 0 unspecified atom stereocenters. The molecule has 0 spiro atoms. The van der Waals surface area contributed by atoms with E-state index in [1.165, 1.54) is 11.1 Å². The fourth-order valence-corrected chi connectivity index (χ4v) is 1.62. The molecule has 0 N–H and O–H groups in total. The van der Waals surface area contributed by atoms with Crippen LogP contribution in [0.2, 0.25) is 0 Å². The molecule has 0 atom stereocenters. The number of aryl methyl sites for hydroxylation is 1. The van der Waals surface area contributed by atoms with Gasteiger partial charge in [-0.2, -0.15) is 0 Å². The van der Waals surface area contributed by atoms with Gasteiger partial charge in [-0.05, 0) is 37.0 Å². The Morgan fingerprint density at radius 2 is 2.31 bits per heavy atom. The lowest BCUT2D eigenvalue weighted by atomic mass is 9.99. The van der Waals surface area contributed by atoms with Gasteiger partial charge in [0.1, 0.15) is 0 Å². The van der Waals surface area contributed by atoms with Crippen LogP contribution in [0.25, 0.3) is 5.57 Å². The van der Waals surface area contributed by atoms with Crippen LogP contribution in [-0.4, -0.2) is 4.98 Å². The van der Waals surface area contributed by atoms with Crippen molar-refractivity contribution in [2.24, 2.45) is 0 Å². The van der Waals surface area contributed by atoms with E-state index >= 15 is 0 Å². The lowest BCUT2D eigenvalue weighted by Crippen LogP contribution is -1.94. The molecule has 0 aliphatic heterocycles. The second kappa shape index (κ2) is 3.56. The molecule has 0 saturated heterocycles. The number of rotatable bonds is 1. The zero-order valence-electron chi connectivity index (χ0n) is 7.83. The van der Waals surface area contributed by atoms with Gasteiger partial charge in [0.2, 0.25) is 0 Å². The van der Waals surface area contributed by atoms with Crippen molar-refractivity contribution in [3.8, 4) is 0 Å². The molecule has 0 aromatic carbocycles. The van der Waals surface area contributed by atoms with E-state index < -0.39 is 0 Å². The molecule has 0 bridgehead atoms. The molecule has 0 amide bonds. The maximum Gasteiger partial charge on any atom is 0.0690 e. The Morgan fingerprint density at radius 3 is 3.00 bits per heavy atom. The lowest BCUT2D eigenvalue weighted by Gasteiger charge is -2.10. The first kappa shape index (κ1) is 8.24. The summed E-state index contributed by atoms with van der Waals surface area (Å²) in [4.78, 5) is 4.40. The summed E-state index contributed by atoms with van der Waals surface area (Å²) in [6.45, 7) is 2.11. The van der Waals surface area contributed by atoms with Gasteiger partial charge in [0, 0.05) is 6.20 Å². The maximum atomic E-state index is 4.40. The summed E-state index contributed by atoms with van der Waals surface area (Å²) in [6.07, 6.45) is 10.6. The third kappa shape index (κ3) is 1.69. The van der Waals surface area contributed by atoms with E-state index in [0.29, 0.717) is 0 Å². The number of aromatic nitrogens is 1. The largest absolute Gasteiger partial charge is 0.256 e. The molecule has 1 aliphatic carbocycles. The summed E-state index contributed by atoms with van der Waals surface area (Å²) in [5.41, 5.74) is 3.79. The summed E-state index contributed by atoms with van der Waals surface area (Å²) in [6, 6.07) is 4.10. The molecule has 13 heavy (non-hydrogen) atoms. The first-order valence-corrected chi connectivity index (χ1v) is 4.65. The van der Waals surface area contributed by atoms with Crippen molar-refractivity contribution in [2.45, 2.75) is 19.8 Å². The molecule has 1 heteroatoms. The molecule has 0 radical (unpaired) electrons. The predicted molar refractivity (Wildman–Crippen MR) is 55.3 cm³/mol. The average Bonchev–Trinajstić information content (AvgIpc) is 2.20. The molecule has 2 rings (SSSR count). The normalized spacial score (nSPS) is 15.6. The van der Waals surface area contributed by atoms with E-state index in [-0.39, 0.29) is 0 Å². The second-order valence-electron chi connectivity index (χ2n) is 3.33. The minimum atomic E-state index is 1.12. The number of hydrogen-bond donors (Lipinski definition) is 0. The molecule has 1 aromatic rings. The number of nitrogens with zero attached hydrogens (tertiary/aromatic N) is 1. The average molecular weight is 171 g/mol. The molecule has 1 heterocycles. The third-order valence-electron chi connectivity index (χ3n) is 2.33. The van der Waals surface area contributed by atoms with Crippen molar-refractivity contribution in [1.82, 2.24) is 4.98 Å². The van der Waals surface area contributed by atoms with Crippen molar-refractivity contribution in [3.05, 3.63) is 47.8 Å². The monoisotopic (exact) mass is 171 g/mol. The van der Waals surface area contributed by atoms with Crippen molar-refractivity contribution >= 4 is 5.57 Å². The Kier molecular flexibility index (Phi) is 2.26. The van der Waals surface area contributed by atoms with Gasteiger partial charge in [0.05, 0.1) is 5.69 Å². The highest BCUT2D eigenvalue weighted by Crippen LogP contribution is 2.23. The van der Waals surface area contributed by atoms with E-state index in [4.69, 9.17) is 0 Å². The minimum absolute atomic E-state index is 1.12. The van der Waals surface area contributed by atoms with Crippen LogP contribution in [0.4, 0.5) is 0 Å². The Bertz CT molecular complexity index is 361. The van der Waals surface area contributed by atoms with Gasteiger partial charge < -0.3 is 0 Å². The quantitative estimate of drug-likeness (QED) is 0.632. The number of allylic oxidation sites excluding steroid dienone is 4. The van der Waals surface area contributed by atoms with Gasteiger partial charge in [-0.3, -0.25) is 4.98 Å². The Labute approximate surface area is 78.8 Å². The maximum absolute atomic E-state index is 4.40. The summed E-state index contributed by atoms with van der Waals surface area (Å²) in [5, 5.41) is 0. The van der Waals surface area contributed by atoms with E-state index in [2.05, 4.69) is 36.2 Å². The highest BCUT2D eigenvalue weighted by Gasteiger charge is 2.06. The van der Waals surface area contributed by atoms with Gasteiger partial charge >= 0.3 is 0 Å². The van der Waals surface area contributed by atoms with E-state index in [0.717, 1.165) is 18.5 Å². The van der Waals surface area contributed by atoms with Crippen LogP contribution < -0.4 is 0 Å². The first-order chi connectivity index (χ1) is 6.38. The summed E-state index contributed by atoms with van der Waals surface area (Å²) < 4.78 is 0. The van der Waals surface area contributed by atoms with Crippen molar-refractivity contribution < 1.29 is 0 Å². The lowest BCUT2D eigenvalue weighted by molar-refractivity contribution is 1.03. The summed E-state index contributed by atoms with van der Waals surface area (Å²) in [7, 11) is 0. The third-order valence-corrected chi connectivity index (χ3v) is 2.33. The fourth-order valence-electron chi connectivity index (χ4n) is 1.62. The Balaban J connectivity index is 2.40. The molecular weight excluding hydrogens is 158 g/mol. The van der Waals surface area contributed by atoms with Crippen LogP contribution in [-0.2, 0) is 0 Å². The summed E-state index contributed by atoms with van der Waals surface area (Å²) in [5.74, 6) is 0. The van der Waals surface area contributed by atoms with Crippen molar-refractivity contribution in [2.75, 3.05) is 0 Å². The van der Waals surface area contributed by atoms with Crippen molar-refractivity contribution in [3.63, 3.8) is 0 Å². The fraction of sp³-hybridized carbons (Fsp3) is 0.250. The van der Waals surface area contributed by atoms with E-state index in [9.17, 15) is 0 Å². The van der Waals surface area contributed by atoms with Gasteiger partial charge in [-0.15, -0.1) is 0 Å². The van der Waals surface area contributed by atoms with Gasteiger partial charge in [-0.1, -0.05) is 24.3 Å². The summed E-state index contributed by atoms with van der Waals surface area (Å²) >= 11 is 0. The molecule has 0 saturated carbocycles. The molecule has 1 aromatic heterocycles. The predicted octanol–water partition coefficient (Wildman–Crippen LogP) is 3.12. The zero-order chi connectivity index (χ0) is 9.10. The number of pyridine rings is 1. The number of hydrogen-bond acceptors (Lipinski definition) is 1. The Hall–Kier alpha value is -1.37. The highest BCUT2D eigenvalue weighted by atomic mass is 14.7. The van der Waals surface area contributed by atoms with Crippen LogP contribution >= 0.6 is 0 Å². The van der Waals surface area contributed by atoms with E-state index in [1.807, 2.05) is 12.3 Å². The first-order valence-electron chi connectivity index (χ1n) is 4.65. The topological polar surface area (TPSA) is 12.9 Å². The second-order valence-corrected chi connectivity index (χ2v) is 3.33. The van der Waals surface area contributed by atoms with Crippen LogP contribution in [0.1, 0.15) is 24.1 Å². The van der Waals surface area contributed by atoms with Crippen LogP contribution in [0.5, 0.6) is 0 Å². The van der Waals surface area contributed by atoms with Crippen LogP contribution in [0.15, 0.2) is 36.6 Å². The van der Waals surface area contributed by atoms with Crippen LogP contribution in [0.3, 0.4) is 0 Å². The standard InChI is InChI=1S/C12H13N/c1-10-6-5-9-13-12(10)11-7-3-2-4-8-11/h2-3,5-7,9H,4,8H2,1H3. The molecule has 1 nitrogen and oxygen atoms in total. The zero-order valence-corrected chi connectivity index (χ0v) is 7.83. The molecule has 0 fully saturated rings.